The fraction of sp³-hybridized carbons (Fsp3) is 0.348. The Hall–Kier alpha value is -2.44. The maximum absolute atomic E-state index is 13.1. The van der Waals surface area contributed by atoms with Crippen LogP contribution in [0.1, 0.15) is 48.8 Å². The molecule has 0 fully saturated rings. The molecule has 0 saturated heterocycles. The van der Waals surface area contributed by atoms with Crippen molar-refractivity contribution < 1.29 is 8.42 Å². The summed E-state index contributed by atoms with van der Waals surface area (Å²) in [4.78, 5) is 0.293. The van der Waals surface area contributed by atoms with Crippen LogP contribution in [0.15, 0.2) is 59.5 Å². The van der Waals surface area contributed by atoms with Gasteiger partial charge in [-0.2, -0.15) is 5.10 Å². The van der Waals surface area contributed by atoms with Crippen molar-refractivity contribution in [3.05, 3.63) is 77.1 Å². The number of aryl methyl sites for hydroxylation is 2. The molecule has 0 amide bonds. The van der Waals surface area contributed by atoms with E-state index in [4.69, 9.17) is 5.10 Å². The lowest BCUT2D eigenvalue weighted by Crippen LogP contribution is -2.37. The topological polar surface area (TPSA) is 64.0 Å². The Morgan fingerprint density at radius 1 is 1.03 bits per heavy atom. The number of nitrogens with one attached hydrogen (secondary N) is 1. The number of rotatable bonds is 4. The molecule has 0 spiro atoms. The van der Waals surface area contributed by atoms with Crippen LogP contribution < -0.4 is 4.72 Å². The molecule has 0 radical (unpaired) electrons. The first-order valence-corrected chi connectivity index (χ1v) is 11.4. The van der Waals surface area contributed by atoms with Crippen molar-refractivity contribution in [1.29, 1.82) is 0 Å². The maximum Gasteiger partial charge on any atom is 0.241 e. The van der Waals surface area contributed by atoms with Crippen LogP contribution in [0.2, 0.25) is 0 Å². The molecular formula is C23H27N3O2S. The van der Waals surface area contributed by atoms with Gasteiger partial charge in [0.05, 0.1) is 22.3 Å². The molecule has 1 unspecified atom stereocenters. The van der Waals surface area contributed by atoms with Crippen LogP contribution in [0.4, 0.5) is 0 Å². The lowest BCUT2D eigenvalue weighted by Gasteiger charge is -2.36. The highest BCUT2D eigenvalue weighted by atomic mass is 32.2. The van der Waals surface area contributed by atoms with Gasteiger partial charge in [0, 0.05) is 11.3 Å². The molecule has 3 aromatic rings. The molecule has 5 nitrogen and oxygen atoms in total. The Balaban J connectivity index is 1.77. The summed E-state index contributed by atoms with van der Waals surface area (Å²) in [5.74, 6) is 0. The lowest BCUT2D eigenvalue weighted by molar-refractivity contribution is 0.268. The SMILES string of the molecule is Cc1ccc(S(=O)(=O)NC2CC(C)(C)Cc3c2c(C)nn3-c2ccccc2)cc1. The third kappa shape index (κ3) is 3.87. The molecule has 1 heterocycles. The van der Waals surface area contributed by atoms with Gasteiger partial charge in [0.25, 0.3) is 0 Å². The second-order valence-electron chi connectivity index (χ2n) is 8.73. The molecule has 29 heavy (non-hydrogen) atoms. The van der Waals surface area contributed by atoms with Gasteiger partial charge in [-0.3, -0.25) is 0 Å². The minimum atomic E-state index is -3.63. The van der Waals surface area contributed by atoms with E-state index in [9.17, 15) is 8.42 Å². The maximum atomic E-state index is 13.1. The molecule has 6 heteroatoms. The van der Waals surface area contributed by atoms with E-state index in [0.717, 1.165) is 41.0 Å². The summed E-state index contributed by atoms with van der Waals surface area (Å²) in [6, 6.07) is 16.7. The number of para-hydroxylation sites is 1. The molecule has 1 aromatic heterocycles. The molecule has 1 N–H and O–H groups in total. The van der Waals surface area contributed by atoms with Crippen LogP contribution in [-0.2, 0) is 16.4 Å². The number of nitrogens with zero attached hydrogens (tertiary/aromatic N) is 2. The van der Waals surface area contributed by atoms with Crippen molar-refractivity contribution in [3.8, 4) is 5.69 Å². The number of benzene rings is 2. The Bertz CT molecular complexity index is 1130. The molecule has 0 aliphatic heterocycles. The first kappa shape index (κ1) is 19.9. The highest BCUT2D eigenvalue weighted by molar-refractivity contribution is 7.89. The first-order chi connectivity index (χ1) is 13.7. The van der Waals surface area contributed by atoms with Gasteiger partial charge >= 0.3 is 0 Å². The van der Waals surface area contributed by atoms with Gasteiger partial charge < -0.3 is 0 Å². The first-order valence-electron chi connectivity index (χ1n) is 9.89. The second kappa shape index (κ2) is 7.11. The molecule has 1 atom stereocenters. The van der Waals surface area contributed by atoms with E-state index in [-0.39, 0.29) is 11.5 Å². The monoisotopic (exact) mass is 409 g/mol. The van der Waals surface area contributed by atoms with Crippen LogP contribution in [-0.4, -0.2) is 18.2 Å². The molecule has 4 rings (SSSR count). The van der Waals surface area contributed by atoms with E-state index < -0.39 is 10.0 Å². The summed E-state index contributed by atoms with van der Waals surface area (Å²) in [5, 5.41) is 4.77. The Kier molecular flexibility index (Phi) is 4.87. The zero-order chi connectivity index (χ0) is 20.8. The van der Waals surface area contributed by atoms with Crippen molar-refractivity contribution >= 4 is 10.0 Å². The number of aromatic nitrogens is 2. The molecule has 0 bridgehead atoms. The predicted molar refractivity (Wildman–Crippen MR) is 115 cm³/mol. The number of fused-ring (bicyclic) bond motifs is 1. The van der Waals surface area contributed by atoms with Crippen molar-refractivity contribution in [2.75, 3.05) is 0 Å². The van der Waals surface area contributed by atoms with Gasteiger partial charge in [-0.05, 0) is 56.4 Å². The van der Waals surface area contributed by atoms with E-state index >= 15 is 0 Å². The van der Waals surface area contributed by atoms with Gasteiger partial charge in [0.1, 0.15) is 0 Å². The molecule has 1 aliphatic rings. The molecular weight excluding hydrogens is 382 g/mol. The smallest absolute Gasteiger partial charge is 0.237 e. The average molecular weight is 410 g/mol. The van der Waals surface area contributed by atoms with E-state index in [1.54, 1.807) is 12.1 Å². The van der Waals surface area contributed by atoms with Crippen LogP contribution in [0, 0.1) is 19.3 Å². The van der Waals surface area contributed by atoms with Gasteiger partial charge in [0.15, 0.2) is 0 Å². The largest absolute Gasteiger partial charge is 0.241 e. The van der Waals surface area contributed by atoms with Crippen LogP contribution >= 0.6 is 0 Å². The zero-order valence-electron chi connectivity index (χ0n) is 17.3. The highest BCUT2D eigenvalue weighted by Crippen LogP contribution is 2.43. The van der Waals surface area contributed by atoms with Crippen molar-refractivity contribution in [3.63, 3.8) is 0 Å². The van der Waals surface area contributed by atoms with E-state index in [1.165, 1.54) is 0 Å². The Morgan fingerprint density at radius 2 is 1.69 bits per heavy atom. The van der Waals surface area contributed by atoms with E-state index in [0.29, 0.717) is 4.90 Å². The van der Waals surface area contributed by atoms with Crippen molar-refractivity contribution in [2.45, 2.75) is 51.5 Å². The Labute approximate surface area is 172 Å². The Morgan fingerprint density at radius 3 is 2.34 bits per heavy atom. The quantitative estimate of drug-likeness (QED) is 0.691. The predicted octanol–water partition coefficient (Wildman–Crippen LogP) is 4.48. The summed E-state index contributed by atoms with van der Waals surface area (Å²) in [6.07, 6.45) is 1.58. The number of hydrogen-bond acceptors (Lipinski definition) is 3. The standard InChI is InChI=1S/C23H27N3O2S/c1-16-10-12-19(13-11-16)29(27,28)25-20-14-23(3,4)15-21-22(20)17(2)24-26(21)18-8-6-5-7-9-18/h5-13,20,25H,14-15H2,1-4H3. The van der Waals surface area contributed by atoms with Gasteiger partial charge in [-0.15, -0.1) is 0 Å². The average Bonchev–Trinajstić information content (AvgIpc) is 2.97. The summed E-state index contributed by atoms with van der Waals surface area (Å²) in [7, 11) is -3.63. The molecule has 2 aromatic carbocycles. The van der Waals surface area contributed by atoms with Gasteiger partial charge in [0.2, 0.25) is 10.0 Å². The van der Waals surface area contributed by atoms with Crippen LogP contribution in [0.3, 0.4) is 0 Å². The van der Waals surface area contributed by atoms with Crippen molar-refractivity contribution in [2.24, 2.45) is 5.41 Å². The lowest BCUT2D eigenvalue weighted by atomic mass is 9.74. The molecule has 152 valence electrons. The minimum Gasteiger partial charge on any atom is -0.237 e. The van der Waals surface area contributed by atoms with E-state index in [1.807, 2.05) is 61.0 Å². The fourth-order valence-electron chi connectivity index (χ4n) is 4.25. The third-order valence-electron chi connectivity index (χ3n) is 5.59. The summed E-state index contributed by atoms with van der Waals surface area (Å²) in [6.45, 7) is 8.27. The summed E-state index contributed by atoms with van der Waals surface area (Å²) in [5.41, 5.74) is 4.94. The minimum absolute atomic E-state index is 0.0491. The van der Waals surface area contributed by atoms with Crippen LogP contribution in [0.5, 0.6) is 0 Å². The third-order valence-corrected chi connectivity index (χ3v) is 7.07. The molecule has 0 saturated carbocycles. The van der Waals surface area contributed by atoms with Gasteiger partial charge in [-0.1, -0.05) is 49.7 Å². The van der Waals surface area contributed by atoms with E-state index in [2.05, 4.69) is 18.6 Å². The molecule has 1 aliphatic carbocycles. The zero-order valence-corrected chi connectivity index (χ0v) is 18.1. The summed E-state index contributed by atoms with van der Waals surface area (Å²) >= 11 is 0. The highest BCUT2D eigenvalue weighted by Gasteiger charge is 2.38. The van der Waals surface area contributed by atoms with Crippen molar-refractivity contribution in [1.82, 2.24) is 14.5 Å². The normalized spacial score (nSPS) is 18.4. The second-order valence-corrected chi connectivity index (χ2v) is 10.4. The fourth-order valence-corrected chi connectivity index (χ4v) is 5.45. The number of hydrogen-bond donors (Lipinski definition) is 1. The van der Waals surface area contributed by atoms with Crippen LogP contribution in [0.25, 0.3) is 5.69 Å². The summed E-state index contributed by atoms with van der Waals surface area (Å²) < 4.78 is 31.1. The van der Waals surface area contributed by atoms with Gasteiger partial charge in [-0.25, -0.2) is 17.8 Å². The number of sulfonamides is 1.